The molecule has 0 aliphatic carbocycles. The van der Waals surface area contributed by atoms with Crippen molar-refractivity contribution >= 4 is 35.4 Å². The van der Waals surface area contributed by atoms with Crippen LogP contribution in [0.2, 0.25) is 0 Å². The number of alkyl halides is 6. The van der Waals surface area contributed by atoms with E-state index in [-0.39, 0.29) is 11.1 Å². The van der Waals surface area contributed by atoms with E-state index < -0.39 is 123 Å². The van der Waals surface area contributed by atoms with Gasteiger partial charge in [0.25, 0.3) is 0 Å². The zero-order chi connectivity index (χ0) is 41.1. The van der Waals surface area contributed by atoms with Crippen molar-refractivity contribution in [1.29, 1.82) is 0 Å². The molecule has 0 heterocycles. The zero-order valence-electron chi connectivity index (χ0n) is 30.8. The number of esters is 4. The molecule has 2 rings (SSSR count). The van der Waals surface area contributed by atoms with Gasteiger partial charge in [-0.3, -0.25) is 28.8 Å². The quantitative estimate of drug-likeness (QED) is 0.0669. The minimum atomic E-state index is -4.59. The fourth-order valence-corrected chi connectivity index (χ4v) is 4.82. The van der Waals surface area contributed by atoms with Gasteiger partial charge in [-0.05, 0) is 65.5 Å². The number of ether oxygens (including phenoxy) is 4. The molecule has 2 aromatic carbocycles. The minimum Gasteiger partial charge on any atom is -0.460 e. The Morgan fingerprint density at radius 3 is 1.07 bits per heavy atom. The number of Topliss-reactive ketones (excluding diaryl/α,β-unsaturated/α-hetero) is 2. The lowest BCUT2D eigenvalue weighted by Crippen LogP contribution is -2.29. The van der Waals surface area contributed by atoms with Crippen LogP contribution in [0.15, 0.2) is 48.5 Å². The summed E-state index contributed by atoms with van der Waals surface area (Å²) in [6, 6.07) is 11.9. The van der Waals surface area contributed by atoms with Crippen LogP contribution in [0.25, 0.3) is 11.1 Å². The molecule has 2 atom stereocenters. The molecular weight excluding hydrogens is 730 g/mol. The Balaban J connectivity index is 2.01. The highest BCUT2D eigenvalue weighted by atomic mass is 19.4. The van der Waals surface area contributed by atoms with E-state index in [0.29, 0.717) is 11.1 Å². The van der Waals surface area contributed by atoms with Gasteiger partial charge < -0.3 is 18.9 Å². The second-order valence-electron chi connectivity index (χ2n) is 14.5. The Morgan fingerprint density at radius 1 is 0.519 bits per heavy atom. The van der Waals surface area contributed by atoms with Gasteiger partial charge in [0.1, 0.15) is 11.2 Å². The van der Waals surface area contributed by atoms with Crippen LogP contribution in [0.1, 0.15) is 101 Å². The lowest BCUT2D eigenvalue weighted by atomic mass is 9.99. The summed E-state index contributed by atoms with van der Waals surface area (Å²) in [5, 5.41) is 0. The highest BCUT2D eigenvalue weighted by Crippen LogP contribution is 2.29. The molecule has 0 N–H and O–H groups in total. The van der Waals surface area contributed by atoms with E-state index in [2.05, 4.69) is 0 Å². The summed E-state index contributed by atoms with van der Waals surface area (Å²) >= 11 is 0. The number of rotatable bonds is 17. The number of hydrogen-bond donors (Lipinski definition) is 0. The Bertz CT molecular complexity index is 1500. The van der Waals surface area contributed by atoms with Crippen molar-refractivity contribution in [2.45, 2.75) is 104 Å². The van der Waals surface area contributed by atoms with Gasteiger partial charge in [0.2, 0.25) is 0 Å². The molecule has 0 bridgehead atoms. The zero-order valence-corrected chi connectivity index (χ0v) is 30.8. The third-order valence-corrected chi connectivity index (χ3v) is 7.32. The minimum absolute atomic E-state index is 0.111. The summed E-state index contributed by atoms with van der Waals surface area (Å²) in [4.78, 5) is 75.0. The van der Waals surface area contributed by atoms with E-state index in [0.717, 1.165) is 0 Å². The van der Waals surface area contributed by atoms with Crippen LogP contribution in [0, 0.1) is 11.8 Å². The Morgan fingerprint density at radius 2 is 0.815 bits per heavy atom. The van der Waals surface area contributed by atoms with Gasteiger partial charge in [0, 0.05) is 24.0 Å². The van der Waals surface area contributed by atoms with Crippen molar-refractivity contribution in [2.75, 3.05) is 13.2 Å². The molecule has 2 aromatic rings. The number of ketones is 2. The van der Waals surface area contributed by atoms with Crippen LogP contribution in [-0.2, 0) is 38.1 Å². The van der Waals surface area contributed by atoms with E-state index in [1.54, 1.807) is 65.8 Å². The summed E-state index contributed by atoms with van der Waals surface area (Å²) in [7, 11) is 0. The third kappa shape index (κ3) is 17.8. The van der Waals surface area contributed by atoms with E-state index >= 15 is 0 Å². The summed E-state index contributed by atoms with van der Waals surface area (Å²) in [5.41, 5.74) is -0.463. The number of hydrogen-bond acceptors (Lipinski definition) is 10. The maximum Gasteiger partial charge on any atom is 0.389 e. The summed E-state index contributed by atoms with van der Waals surface area (Å²) in [6.07, 6.45) is -14.7. The smallest absolute Gasteiger partial charge is 0.389 e. The van der Waals surface area contributed by atoms with Gasteiger partial charge in [-0.2, -0.15) is 26.3 Å². The fourth-order valence-electron chi connectivity index (χ4n) is 4.82. The highest BCUT2D eigenvalue weighted by Gasteiger charge is 2.35. The second kappa shape index (κ2) is 19.0. The van der Waals surface area contributed by atoms with Crippen LogP contribution in [-0.4, -0.2) is 72.2 Å². The van der Waals surface area contributed by atoms with Gasteiger partial charge in [-0.25, -0.2) is 0 Å². The predicted molar refractivity (Wildman–Crippen MR) is 181 cm³/mol. The Hall–Kier alpha value is -4.76. The lowest BCUT2D eigenvalue weighted by Gasteiger charge is -2.22. The summed E-state index contributed by atoms with van der Waals surface area (Å²) < 4.78 is 97.2. The SMILES string of the molecule is CC(C)(C)OC(=O)CC(CCC(F)(F)F)C(=O)OCC(=O)c1ccc(-c2ccc(C(=O)COC(=O)C(CCC(F)(F)F)CC(=O)OC(C)(C)C)cc2)cc1. The van der Waals surface area contributed by atoms with E-state index in [9.17, 15) is 55.1 Å². The van der Waals surface area contributed by atoms with Crippen molar-refractivity contribution in [3.05, 3.63) is 59.7 Å². The van der Waals surface area contributed by atoms with Gasteiger partial charge in [-0.1, -0.05) is 48.5 Å². The van der Waals surface area contributed by atoms with Crippen molar-refractivity contribution in [1.82, 2.24) is 0 Å². The molecule has 0 amide bonds. The first-order chi connectivity index (χ1) is 24.7. The number of carbonyl (C=O) groups is 6. The standard InChI is InChI=1S/C38H44F6O10/c1-35(2,3)53-31(47)19-27(15-17-37(39,40)41)33(49)51-21-29(45)25-11-7-23(8-12-25)24-9-13-26(14-10-24)30(46)22-52-34(50)28(16-18-38(42,43)44)20-32(48)54-36(4,5)6/h7-14,27-28H,15-22H2,1-6H3. The van der Waals surface area contributed by atoms with Crippen LogP contribution >= 0.6 is 0 Å². The van der Waals surface area contributed by atoms with Gasteiger partial charge in [-0.15, -0.1) is 0 Å². The van der Waals surface area contributed by atoms with Gasteiger partial charge >= 0.3 is 36.2 Å². The molecule has 298 valence electrons. The number of benzene rings is 2. The molecular formula is C38H44F6O10. The molecule has 10 nitrogen and oxygen atoms in total. The first-order valence-electron chi connectivity index (χ1n) is 16.9. The molecule has 16 heteroatoms. The molecule has 0 saturated carbocycles. The predicted octanol–water partition coefficient (Wildman–Crippen LogP) is 8.19. The lowest BCUT2D eigenvalue weighted by molar-refractivity contribution is -0.164. The third-order valence-electron chi connectivity index (χ3n) is 7.32. The molecule has 2 unspecified atom stereocenters. The monoisotopic (exact) mass is 774 g/mol. The normalized spacial score (nSPS) is 13.3. The maximum atomic E-state index is 12.8. The van der Waals surface area contributed by atoms with Crippen LogP contribution < -0.4 is 0 Å². The number of carbonyl (C=O) groups excluding carboxylic acids is 6. The first kappa shape index (κ1) is 45.4. The first-order valence-corrected chi connectivity index (χ1v) is 16.9. The van der Waals surface area contributed by atoms with E-state index in [4.69, 9.17) is 18.9 Å². The second-order valence-corrected chi connectivity index (χ2v) is 14.5. The number of halogens is 6. The van der Waals surface area contributed by atoms with Gasteiger partial charge in [0.15, 0.2) is 24.8 Å². The van der Waals surface area contributed by atoms with Crippen molar-refractivity contribution in [2.24, 2.45) is 11.8 Å². The van der Waals surface area contributed by atoms with Crippen LogP contribution in [0.5, 0.6) is 0 Å². The molecule has 0 spiro atoms. The van der Waals surface area contributed by atoms with Crippen LogP contribution in [0.3, 0.4) is 0 Å². The fraction of sp³-hybridized carbons (Fsp3) is 0.526. The van der Waals surface area contributed by atoms with Crippen molar-refractivity contribution < 1.29 is 74.1 Å². The van der Waals surface area contributed by atoms with Crippen LogP contribution in [0.4, 0.5) is 26.3 Å². The van der Waals surface area contributed by atoms with E-state index in [1.807, 2.05) is 0 Å². The largest absolute Gasteiger partial charge is 0.460 e. The van der Waals surface area contributed by atoms with E-state index in [1.165, 1.54) is 24.3 Å². The highest BCUT2D eigenvalue weighted by molar-refractivity contribution is 5.99. The molecule has 0 radical (unpaired) electrons. The average Bonchev–Trinajstić information content (AvgIpc) is 3.03. The van der Waals surface area contributed by atoms with Crippen molar-refractivity contribution in [3.63, 3.8) is 0 Å². The van der Waals surface area contributed by atoms with Gasteiger partial charge in [0.05, 0.1) is 24.7 Å². The molecule has 0 aliphatic heterocycles. The van der Waals surface area contributed by atoms with Crippen molar-refractivity contribution in [3.8, 4) is 11.1 Å². The molecule has 0 fully saturated rings. The summed E-state index contributed by atoms with van der Waals surface area (Å²) in [6.45, 7) is 7.76. The molecule has 54 heavy (non-hydrogen) atoms. The topological polar surface area (TPSA) is 139 Å². The average molecular weight is 775 g/mol. The molecule has 0 aromatic heterocycles. The molecule has 0 aliphatic rings. The molecule has 0 saturated heterocycles. The Kier molecular flexibility index (Phi) is 16.0. The maximum absolute atomic E-state index is 12.8. The Labute approximate surface area is 308 Å². The summed E-state index contributed by atoms with van der Waals surface area (Å²) in [5.74, 6) is -8.38.